The van der Waals surface area contributed by atoms with Crippen molar-refractivity contribution in [3.63, 3.8) is 0 Å². The summed E-state index contributed by atoms with van der Waals surface area (Å²) in [5, 5.41) is 0. The van der Waals surface area contributed by atoms with E-state index in [1.54, 1.807) is 0 Å². The van der Waals surface area contributed by atoms with E-state index >= 15 is 0 Å². The van der Waals surface area contributed by atoms with Crippen LogP contribution in [-0.4, -0.2) is 28.5 Å². The molecule has 0 radical (unpaired) electrons. The lowest BCUT2D eigenvalue weighted by atomic mass is 9.80. The third kappa shape index (κ3) is 2.73. The predicted molar refractivity (Wildman–Crippen MR) is 83.2 cm³/mol. The zero-order valence-electron chi connectivity index (χ0n) is 13.0. The predicted octanol–water partition coefficient (Wildman–Crippen LogP) is 2.55. The Morgan fingerprint density at radius 3 is 2.40 bits per heavy atom. The minimum absolute atomic E-state index is 0.0855. The monoisotopic (exact) mass is 276 g/mol. The van der Waals surface area contributed by atoms with Gasteiger partial charge in [0.2, 0.25) is 0 Å². The van der Waals surface area contributed by atoms with E-state index in [4.69, 9.17) is 5.84 Å². The Labute approximate surface area is 122 Å². The van der Waals surface area contributed by atoms with Crippen LogP contribution in [0, 0.1) is 6.92 Å². The molecule has 1 aromatic heterocycles. The maximum atomic E-state index is 5.94. The van der Waals surface area contributed by atoms with Gasteiger partial charge in [0.1, 0.15) is 0 Å². The zero-order valence-corrected chi connectivity index (χ0v) is 13.0. The van der Waals surface area contributed by atoms with Gasteiger partial charge >= 0.3 is 0 Å². The number of hydrogen-bond donors (Lipinski definition) is 2. The third-order valence-electron chi connectivity index (χ3n) is 4.93. The van der Waals surface area contributed by atoms with Crippen molar-refractivity contribution in [3.05, 3.63) is 29.6 Å². The molecule has 4 heteroatoms. The highest BCUT2D eigenvalue weighted by Crippen LogP contribution is 2.38. The van der Waals surface area contributed by atoms with Crippen LogP contribution in [0.5, 0.6) is 0 Å². The first-order valence-electron chi connectivity index (χ1n) is 7.81. The second-order valence-electron chi connectivity index (χ2n) is 5.84. The number of nitrogens with zero attached hydrogens (tertiary/aromatic N) is 2. The third-order valence-corrected chi connectivity index (χ3v) is 4.93. The van der Waals surface area contributed by atoms with E-state index < -0.39 is 0 Å². The van der Waals surface area contributed by atoms with Gasteiger partial charge in [0.15, 0.2) is 0 Å². The SMILES string of the molecule is CCC(CC)(C(NN)c1ccc(C)nc1)N1CCCC1. The number of pyridine rings is 1. The van der Waals surface area contributed by atoms with Crippen molar-refractivity contribution in [2.45, 2.75) is 58.0 Å². The number of hydrazine groups is 1. The molecular weight excluding hydrogens is 248 g/mol. The van der Waals surface area contributed by atoms with Gasteiger partial charge in [0.05, 0.1) is 6.04 Å². The van der Waals surface area contributed by atoms with Gasteiger partial charge < -0.3 is 0 Å². The lowest BCUT2D eigenvalue weighted by molar-refractivity contribution is 0.0615. The maximum Gasteiger partial charge on any atom is 0.0658 e. The fraction of sp³-hybridized carbons (Fsp3) is 0.688. The van der Waals surface area contributed by atoms with Crippen molar-refractivity contribution in [2.75, 3.05) is 13.1 Å². The highest BCUT2D eigenvalue weighted by molar-refractivity contribution is 5.22. The van der Waals surface area contributed by atoms with E-state index in [1.165, 1.54) is 31.5 Å². The van der Waals surface area contributed by atoms with Crippen LogP contribution in [-0.2, 0) is 0 Å². The van der Waals surface area contributed by atoms with E-state index in [0.717, 1.165) is 18.5 Å². The lowest BCUT2D eigenvalue weighted by Gasteiger charge is -2.46. The Morgan fingerprint density at radius 1 is 1.30 bits per heavy atom. The molecule has 20 heavy (non-hydrogen) atoms. The number of aromatic nitrogens is 1. The first-order valence-corrected chi connectivity index (χ1v) is 7.81. The largest absolute Gasteiger partial charge is 0.296 e. The summed E-state index contributed by atoms with van der Waals surface area (Å²) in [6.07, 6.45) is 6.74. The van der Waals surface area contributed by atoms with Gasteiger partial charge in [-0.15, -0.1) is 0 Å². The molecule has 1 fully saturated rings. The molecule has 1 aliphatic heterocycles. The number of likely N-dealkylation sites (tertiary alicyclic amines) is 1. The zero-order chi connectivity index (χ0) is 14.6. The average molecular weight is 276 g/mol. The molecule has 1 saturated heterocycles. The highest BCUT2D eigenvalue weighted by Gasteiger charge is 2.42. The summed E-state index contributed by atoms with van der Waals surface area (Å²) in [4.78, 5) is 7.07. The van der Waals surface area contributed by atoms with Crippen LogP contribution in [0.4, 0.5) is 0 Å². The molecule has 0 aliphatic carbocycles. The van der Waals surface area contributed by atoms with Gasteiger partial charge in [-0.1, -0.05) is 19.9 Å². The van der Waals surface area contributed by atoms with Gasteiger partial charge in [-0.3, -0.25) is 21.2 Å². The molecule has 112 valence electrons. The van der Waals surface area contributed by atoms with Crippen LogP contribution in [0.1, 0.15) is 56.8 Å². The Kier molecular flexibility index (Phi) is 5.13. The number of nitrogens with two attached hydrogens (primary N) is 1. The summed E-state index contributed by atoms with van der Waals surface area (Å²) >= 11 is 0. The lowest BCUT2D eigenvalue weighted by Crippen LogP contribution is -2.56. The Hall–Kier alpha value is -0.970. The van der Waals surface area contributed by atoms with Gasteiger partial charge in [-0.05, 0) is 57.3 Å². The molecule has 0 spiro atoms. The molecule has 1 aliphatic rings. The van der Waals surface area contributed by atoms with Crippen molar-refractivity contribution in [1.29, 1.82) is 0 Å². The van der Waals surface area contributed by atoms with Gasteiger partial charge in [-0.25, -0.2) is 0 Å². The van der Waals surface area contributed by atoms with Crippen LogP contribution in [0.15, 0.2) is 18.3 Å². The smallest absolute Gasteiger partial charge is 0.0658 e. The van der Waals surface area contributed by atoms with Crippen molar-refractivity contribution in [1.82, 2.24) is 15.3 Å². The van der Waals surface area contributed by atoms with Crippen LogP contribution >= 0.6 is 0 Å². The van der Waals surface area contributed by atoms with Crippen LogP contribution in [0.2, 0.25) is 0 Å². The molecule has 4 nitrogen and oxygen atoms in total. The fourth-order valence-electron chi connectivity index (χ4n) is 3.66. The van der Waals surface area contributed by atoms with E-state index in [-0.39, 0.29) is 11.6 Å². The second kappa shape index (κ2) is 6.66. The van der Waals surface area contributed by atoms with E-state index in [1.807, 2.05) is 13.1 Å². The number of hydrogen-bond acceptors (Lipinski definition) is 4. The maximum absolute atomic E-state index is 5.94. The van der Waals surface area contributed by atoms with Crippen molar-refractivity contribution in [2.24, 2.45) is 5.84 Å². The summed E-state index contributed by atoms with van der Waals surface area (Å²) in [7, 11) is 0. The second-order valence-corrected chi connectivity index (χ2v) is 5.84. The molecule has 2 heterocycles. The van der Waals surface area contributed by atoms with Crippen LogP contribution in [0.3, 0.4) is 0 Å². The molecule has 0 aromatic carbocycles. The van der Waals surface area contributed by atoms with Gasteiger partial charge in [0.25, 0.3) is 0 Å². The van der Waals surface area contributed by atoms with Crippen molar-refractivity contribution in [3.8, 4) is 0 Å². The van der Waals surface area contributed by atoms with E-state index in [9.17, 15) is 0 Å². The minimum atomic E-state index is 0.0855. The molecule has 2 rings (SSSR count). The summed E-state index contributed by atoms with van der Waals surface area (Å²) in [5.74, 6) is 5.94. The van der Waals surface area contributed by atoms with Gasteiger partial charge in [0, 0.05) is 17.4 Å². The van der Waals surface area contributed by atoms with Gasteiger partial charge in [-0.2, -0.15) is 0 Å². The minimum Gasteiger partial charge on any atom is -0.296 e. The highest BCUT2D eigenvalue weighted by atomic mass is 15.3. The molecule has 1 atom stereocenters. The molecule has 0 saturated carbocycles. The first kappa shape index (κ1) is 15.4. The average Bonchev–Trinajstić information content (AvgIpc) is 3.01. The fourth-order valence-corrected chi connectivity index (χ4v) is 3.66. The number of nitrogens with one attached hydrogen (secondary N) is 1. The standard InChI is InChI=1S/C16H28N4/c1-4-16(5-2,20-10-6-7-11-20)15(19-17)14-9-8-13(3)18-12-14/h8-9,12,15,19H,4-7,10-11,17H2,1-3H3. The summed E-state index contributed by atoms with van der Waals surface area (Å²) in [6, 6.07) is 4.35. The topological polar surface area (TPSA) is 54.2 Å². The molecule has 3 N–H and O–H groups in total. The molecule has 0 amide bonds. The molecular formula is C16H28N4. The Balaban J connectivity index is 2.35. The Bertz CT molecular complexity index is 405. The van der Waals surface area contributed by atoms with Crippen molar-refractivity contribution >= 4 is 0 Å². The summed E-state index contributed by atoms with van der Waals surface area (Å²) in [6.45, 7) is 8.92. The first-order chi connectivity index (χ1) is 9.67. The van der Waals surface area contributed by atoms with E-state index in [2.05, 4.69) is 41.3 Å². The summed E-state index contributed by atoms with van der Waals surface area (Å²) in [5.41, 5.74) is 5.40. The Morgan fingerprint density at radius 2 is 1.95 bits per heavy atom. The molecule has 1 unspecified atom stereocenters. The normalized spacial score (nSPS) is 18.4. The quantitative estimate of drug-likeness (QED) is 0.619. The van der Waals surface area contributed by atoms with Crippen LogP contribution in [0.25, 0.3) is 0 Å². The van der Waals surface area contributed by atoms with Crippen LogP contribution < -0.4 is 11.3 Å². The molecule has 0 bridgehead atoms. The summed E-state index contributed by atoms with van der Waals surface area (Å²) < 4.78 is 0. The molecule has 1 aromatic rings. The number of rotatable bonds is 6. The van der Waals surface area contributed by atoms with Crippen molar-refractivity contribution < 1.29 is 0 Å². The van der Waals surface area contributed by atoms with E-state index in [0.29, 0.717) is 0 Å². The number of aryl methyl sites for hydroxylation is 1.